The topological polar surface area (TPSA) is 164 Å². The van der Waals surface area contributed by atoms with Crippen molar-refractivity contribution < 1.29 is 29.3 Å². The predicted molar refractivity (Wildman–Crippen MR) is 145 cm³/mol. The fraction of sp³-hybridized carbons (Fsp3) is 0.172. The molecule has 1 atom stereocenters. The number of hydrogen-bond donors (Lipinski definition) is 4. The molecule has 3 heterocycles. The number of carbonyl (C=O) groups excluding carboxylic acids is 1. The normalized spacial score (nSPS) is 11.9. The molecule has 1 unspecified atom stereocenters. The molecular formula is C29H25N3O8. The Labute approximate surface area is 226 Å². The lowest BCUT2D eigenvalue weighted by Gasteiger charge is -2.18. The van der Waals surface area contributed by atoms with Crippen LogP contribution in [0.5, 0.6) is 23.1 Å². The van der Waals surface area contributed by atoms with Crippen LogP contribution in [-0.2, 0) is 11.2 Å². The van der Waals surface area contributed by atoms with E-state index in [1.807, 2.05) is 0 Å². The Morgan fingerprint density at radius 3 is 2.67 bits per heavy atom. The van der Waals surface area contributed by atoms with Crippen molar-refractivity contribution in [2.45, 2.75) is 18.8 Å². The lowest BCUT2D eigenvalue weighted by atomic mass is 9.89. The number of nitrogens with zero attached hydrogens (tertiary/aromatic N) is 2. The number of phenolic OH excluding ortho intramolecular Hbond substituents is 2. The zero-order valence-electron chi connectivity index (χ0n) is 21.3. The molecule has 0 aliphatic carbocycles. The highest BCUT2D eigenvalue weighted by Gasteiger charge is 2.29. The molecule has 0 saturated heterocycles. The third-order valence-electron chi connectivity index (χ3n) is 6.64. The molecule has 2 aromatic carbocycles. The van der Waals surface area contributed by atoms with Gasteiger partial charge in [0.05, 0.1) is 24.3 Å². The minimum Gasteiger partial charge on any atom is -0.504 e. The van der Waals surface area contributed by atoms with Gasteiger partial charge in [0.1, 0.15) is 17.0 Å². The maximum atomic E-state index is 13.6. The highest BCUT2D eigenvalue weighted by atomic mass is 16.5. The molecule has 0 aliphatic heterocycles. The third-order valence-corrected chi connectivity index (χ3v) is 6.64. The van der Waals surface area contributed by atoms with Crippen LogP contribution < -0.4 is 21.0 Å². The van der Waals surface area contributed by atoms with E-state index in [1.54, 1.807) is 36.4 Å². The Hall–Kier alpha value is -5.32. The van der Waals surface area contributed by atoms with Gasteiger partial charge in [-0.1, -0.05) is 12.1 Å². The molecule has 5 aromatic rings. The zero-order chi connectivity index (χ0) is 28.4. The third kappa shape index (κ3) is 5.04. The Morgan fingerprint density at radius 1 is 1.07 bits per heavy atom. The van der Waals surface area contributed by atoms with Gasteiger partial charge >= 0.3 is 0 Å². The van der Waals surface area contributed by atoms with Gasteiger partial charge < -0.3 is 29.8 Å². The maximum absolute atomic E-state index is 13.6. The first-order chi connectivity index (χ1) is 19.3. The second-order valence-corrected chi connectivity index (χ2v) is 9.15. The Balaban J connectivity index is 1.53. The van der Waals surface area contributed by atoms with Gasteiger partial charge in [0.2, 0.25) is 11.8 Å². The summed E-state index contributed by atoms with van der Waals surface area (Å²) in [6.07, 6.45) is 2.64. The number of amides is 1. The van der Waals surface area contributed by atoms with E-state index in [0.717, 1.165) is 0 Å². The molecule has 1 amide bonds. The summed E-state index contributed by atoms with van der Waals surface area (Å²) in [7, 11) is 1.46. The Bertz CT molecular complexity index is 1860. The van der Waals surface area contributed by atoms with Gasteiger partial charge in [0, 0.05) is 30.6 Å². The number of fused-ring (bicyclic) bond motifs is 2. The summed E-state index contributed by atoms with van der Waals surface area (Å²) >= 11 is 0. The number of methoxy groups -OCH3 is 1. The smallest absolute Gasteiger partial charge is 0.265 e. The second kappa shape index (κ2) is 10.8. The number of aromatic nitrogens is 2. The largest absolute Gasteiger partial charge is 0.504 e. The number of pyridine rings is 1. The van der Waals surface area contributed by atoms with Gasteiger partial charge in [-0.2, -0.15) is 4.98 Å². The van der Waals surface area contributed by atoms with E-state index < -0.39 is 28.7 Å². The minimum absolute atomic E-state index is 0.00978. The molecular weight excluding hydrogens is 518 g/mol. The predicted octanol–water partition coefficient (Wildman–Crippen LogP) is 2.81. The summed E-state index contributed by atoms with van der Waals surface area (Å²) in [4.78, 5) is 44.4. The molecule has 11 nitrogen and oxygen atoms in total. The summed E-state index contributed by atoms with van der Waals surface area (Å²) in [6.45, 7) is 0.167. The van der Waals surface area contributed by atoms with Crippen LogP contribution in [0, 0.1) is 0 Å². The van der Waals surface area contributed by atoms with Crippen LogP contribution in [0.15, 0.2) is 81.1 Å². The first-order valence-electron chi connectivity index (χ1n) is 12.3. The molecule has 0 aliphatic rings. The first kappa shape index (κ1) is 26.3. The molecule has 0 spiro atoms. The van der Waals surface area contributed by atoms with E-state index >= 15 is 0 Å². The minimum atomic E-state index is -1.19. The van der Waals surface area contributed by atoms with Crippen LogP contribution >= 0.6 is 0 Å². The quantitative estimate of drug-likeness (QED) is 0.216. The lowest BCUT2D eigenvalue weighted by molar-refractivity contribution is -0.121. The number of nitrogens with one attached hydrogen (secondary N) is 1. The van der Waals surface area contributed by atoms with E-state index in [-0.39, 0.29) is 52.2 Å². The van der Waals surface area contributed by atoms with Gasteiger partial charge in [-0.25, -0.2) is 0 Å². The van der Waals surface area contributed by atoms with Gasteiger partial charge in [-0.3, -0.25) is 18.8 Å². The van der Waals surface area contributed by atoms with Crippen LogP contribution in [0.3, 0.4) is 0 Å². The number of carbonyl (C=O) groups is 1. The van der Waals surface area contributed by atoms with Gasteiger partial charge in [-0.15, -0.1) is 0 Å². The molecule has 5 rings (SSSR count). The number of aromatic hydroxyl groups is 3. The monoisotopic (exact) mass is 543 g/mol. The standard InChI is InChI=1S/C29H25N3O8/c1-39-17-6-8-23-19(13-17)27(36)20(15-40-23)18(26-28(37)31-24-4-2-3-11-32(24)29(26)38)14-25(35)30-10-9-16-5-7-21(33)22(34)12-16/h2-8,11-13,15,18,33-34,37H,9-10,14H2,1H3,(H,30,35). The van der Waals surface area contributed by atoms with E-state index in [4.69, 9.17) is 9.15 Å². The lowest BCUT2D eigenvalue weighted by Crippen LogP contribution is -2.31. The first-order valence-corrected chi connectivity index (χ1v) is 12.3. The van der Waals surface area contributed by atoms with Crippen molar-refractivity contribution in [3.63, 3.8) is 0 Å². The zero-order valence-corrected chi connectivity index (χ0v) is 21.3. The van der Waals surface area contributed by atoms with Crippen molar-refractivity contribution in [2.75, 3.05) is 13.7 Å². The van der Waals surface area contributed by atoms with E-state index in [2.05, 4.69) is 10.3 Å². The molecule has 204 valence electrons. The van der Waals surface area contributed by atoms with Crippen molar-refractivity contribution >= 4 is 22.5 Å². The fourth-order valence-corrected chi connectivity index (χ4v) is 4.58. The SMILES string of the molecule is COc1ccc2occ(C(CC(=O)NCCc3ccc(O)c(O)c3)c3c(O)nc4ccccn4c3=O)c(=O)c2c1. The van der Waals surface area contributed by atoms with Gasteiger partial charge in [0.15, 0.2) is 16.9 Å². The van der Waals surface area contributed by atoms with Crippen molar-refractivity contribution in [3.8, 4) is 23.1 Å². The van der Waals surface area contributed by atoms with Crippen molar-refractivity contribution in [3.05, 3.63) is 104 Å². The molecule has 3 aromatic heterocycles. The molecule has 0 bridgehead atoms. The number of hydrogen-bond acceptors (Lipinski definition) is 9. The van der Waals surface area contributed by atoms with Crippen LogP contribution in [-0.4, -0.2) is 44.3 Å². The van der Waals surface area contributed by atoms with E-state index in [9.17, 15) is 29.7 Å². The molecule has 0 saturated carbocycles. The molecule has 4 N–H and O–H groups in total. The van der Waals surface area contributed by atoms with Crippen LogP contribution in [0.2, 0.25) is 0 Å². The van der Waals surface area contributed by atoms with Crippen LogP contribution in [0.25, 0.3) is 16.6 Å². The molecule has 0 radical (unpaired) electrons. The van der Waals surface area contributed by atoms with Crippen LogP contribution in [0.4, 0.5) is 0 Å². The summed E-state index contributed by atoms with van der Waals surface area (Å²) in [5.74, 6) is -2.40. The van der Waals surface area contributed by atoms with Crippen molar-refractivity contribution in [1.29, 1.82) is 0 Å². The highest BCUT2D eigenvalue weighted by molar-refractivity contribution is 5.80. The van der Waals surface area contributed by atoms with Crippen molar-refractivity contribution in [2.24, 2.45) is 0 Å². The Kier molecular flexibility index (Phi) is 7.11. The van der Waals surface area contributed by atoms with E-state index in [1.165, 1.54) is 42.2 Å². The summed E-state index contributed by atoms with van der Waals surface area (Å²) < 4.78 is 12.1. The maximum Gasteiger partial charge on any atom is 0.265 e. The summed E-state index contributed by atoms with van der Waals surface area (Å²) in [6, 6.07) is 13.9. The Morgan fingerprint density at radius 2 is 1.90 bits per heavy atom. The number of phenols is 2. The number of ether oxygens (including phenoxy) is 1. The van der Waals surface area contributed by atoms with Crippen molar-refractivity contribution in [1.82, 2.24) is 14.7 Å². The molecule has 0 fully saturated rings. The van der Waals surface area contributed by atoms with E-state index in [0.29, 0.717) is 17.7 Å². The van der Waals surface area contributed by atoms with Gasteiger partial charge in [-0.05, 0) is 54.4 Å². The fourth-order valence-electron chi connectivity index (χ4n) is 4.58. The number of benzene rings is 2. The molecule has 40 heavy (non-hydrogen) atoms. The average molecular weight is 544 g/mol. The summed E-state index contributed by atoms with van der Waals surface area (Å²) in [5.41, 5.74) is -0.205. The number of rotatable bonds is 8. The molecule has 11 heteroatoms. The second-order valence-electron chi connectivity index (χ2n) is 9.15. The highest BCUT2D eigenvalue weighted by Crippen LogP contribution is 2.31. The van der Waals surface area contributed by atoms with Crippen LogP contribution in [0.1, 0.15) is 29.0 Å². The summed E-state index contributed by atoms with van der Waals surface area (Å²) in [5, 5.41) is 32.9. The average Bonchev–Trinajstić information content (AvgIpc) is 2.94. The van der Waals surface area contributed by atoms with Gasteiger partial charge in [0.25, 0.3) is 5.56 Å².